The molecule has 0 atom stereocenters. The number of hydrogen-bond acceptors (Lipinski definition) is 5. The number of nitrogens with one attached hydrogen (secondary N) is 1. The Morgan fingerprint density at radius 1 is 0.889 bits per heavy atom. The van der Waals surface area contributed by atoms with Gasteiger partial charge in [0.1, 0.15) is 5.75 Å². The van der Waals surface area contributed by atoms with Gasteiger partial charge in [0.2, 0.25) is 0 Å². The minimum absolute atomic E-state index is 0.0173. The smallest absolute Gasteiger partial charge is 0.335 e. The van der Waals surface area contributed by atoms with Crippen LogP contribution < -0.4 is 10.1 Å². The number of nitrogens with zero attached hydrogens (tertiary/aromatic N) is 1. The minimum atomic E-state index is -1.06. The van der Waals surface area contributed by atoms with Gasteiger partial charge in [-0.15, -0.1) is 0 Å². The lowest BCUT2D eigenvalue weighted by Crippen LogP contribution is -2.27. The monoisotopic (exact) mass is 490 g/mol. The molecule has 0 heterocycles. The van der Waals surface area contributed by atoms with E-state index in [1.807, 2.05) is 42.5 Å². The molecule has 0 aliphatic heterocycles. The molecule has 8 heteroatoms. The number of carbonyl (C=O) groups excluding carboxylic acids is 2. The molecule has 3 aromatic rings. The van der Waals surface area contributed by atoms with Crippen molar-refractivity contribution in [3.8, 4) is 5.75 Å². The molecule has 2 amide bonds. The van der Waals surface area contributed by atoms with Crippen molar-refractivity contribution >= 4 is 23.5 Å². The fourth-order valence-corrected chi connectivity index (χ4v) is 3.40. The van der Waals surface area contributed by atoms with E-state index < -0.39 is 5.97 Å². The molecule has 0 bridgehead atoms. The lowest BCUT2D eigenvalue weighted by atomic mass is 10.2. The molecule has 0 aliphatic carbocycles. The molecule has 0 spiro atoms. The molecule has 0 aromatic heterocycles. The van der Waals surface area contributed by atoms with Gasteiger partial charge in [-0.05, 0) is 60.9 Å². The molecule has 3 aromatic carbocycles. The van der Waals surface area contributed by atoms with Crippen LogP contribution in [-0.4, -0.2) is 54.6 Å². The number of hydrogen-bond donors (Lipinski definition) is 2. The highest BCUT2D eigenvalue weighted by molar-refractivity contribution is 5.95. The van der Waals surface area contributed by atoms with Crippen molar-refractivity contribution in [2.24, 2.45) is 0 Å². The Morgan fingerprint density at radius 3 is 2.33 bits per heavy atom. The molecule has 0 aliphatic rings. The van der Waals surface area contributed by atoms with Crippen LogP contribution in [0.15, 0.2) is 78.9 Å². The third-order valence-electron chi connectivity index (χ3n) is 5.35. The number of rotatable bonds is 13. The van der Waals surface area contributed by atoms with Crippen molar-refractivity contribution in [2.75, 3.05) is 32.1 Å². The number of carboxylic acids is 1. The van der Waals surface area contributed by atoms with Gasteiger partial charge in [0, 0.05) is 31.5 Å². The van der Waals surface area contributed by atoms with Gasteiger partial charge in [0.25, 0.3) is 11.8 Å². The number of aromatic carboxylic acids is 1. The Morgan fingerprint density at radius 2 is 1.61 bits per heavy atom. The van der Waals surface area contributed by atoms with Crippen LogP contribution in [0.5, 0.6) is 5.75 Å². The Hall–Kier alpha value is -4.17. The summed E-state index contributed by atoms with van der Waals surface area (Å²) in [6.45, 7) is 1.52. The minimum Gasteiger partial charge on any atom is -0.484 e. The van der Waals surface area contributed by atoms with Crippen LogP contribution in [0.1, 0.15) is 39.1 Å². The summed E-state index contributed by atoms with van der Waals surface area (Å²) in [6.07, 6.45) is 1.70. The number of anilines is 1. The van der Waals surface area contributed by atoms with E-state index in [4.69, 9.17) is 14.6 Å². The average molecular weight is 491 g/mol. The molecule has 3 rings (SSSR count). The lowest BCUT2D eigenvalue weighted by molar-refractivity contribution is -0.118. The maximum atomic E-state index is 12.3. The van der Waals surface area contributed by atoms with Gasteiger partial charge in [0.05, 0.1) is 12.2 Å². The van der Waals surface area contributed by atoms with Gasteiger partial charge < -0.3 is 24.8 Å². The van der Waals surface area contributed by atoms with Gasteiger partial charge in [0.15, 0.2) is 6.61 Å². The van der Waals surface area contributed by atoms with E-state index in [0.29, 0.717) is 36.8 Å². The second-order valence-electron chi connectivity index (χ2n) is 8.22. The summed E-state index contributed by atoms with van der Waals surface area (Å²) in [5.41, 5.74) is 2.16. The third-order valence-corrected chi connectivity index (χ3v) is 5.35. The van der Waals surface area contributed by atoms with Crippen LogP contribution in [0.2, 0.25) is 0 Å². The Labute approximate surface area is 210 Å². The molecule has 36 heavy (non-hydrogen) atoms. The lowest BCUT2D eigenvalue weighted by Gasteiger charge is -2.17. The first kappa shape index (κ1) is 26.4. The fraction of sp³-hybridized carbons (Fsp3) is 0.250. The number of unbranched alkanes of at least 4 members (excludes halogenated alkanes) is 1. The van der Waals surface area contributed by atoms with Crippen LogP contribution >= 0.6 is 0 Å². The zero-order valence-corrected chi connectivity index (χ0v) is 20.2. The highest BCUT2D eigenvalue weighted by Gasteiger charge is 2.10. The molecule has 0 radical (unpaired) electrons. The van der Waals surface area contributed by atoms with Crippen molar-refractivity contribution in [1.82, 2.24) is 4.90 Å². The summed E-state index contributed by atoms with van der Waals surface area (Å²) in [5, 5.41) is 11.6. The summed E-state index contributed by atoms with van der Waals surface area (Å²) >= 11 is 0. The van der Waals surface area contributed by atoms with Crippen LogP contribution in [0, 0.1) is 0 Å². The SMILES string of the molecule is CN(CCCCOCc1ccc(OCC(=O)Nc2cccc(C(=O)O)c2)cc1)C(=O)c1ccccc1. The normalized spacial score (nSPS) is 10.5. The number of amides is 2. The Balaban J connectivity index is 1.30. The van der Waals surface area contributed by atoms with Crippen molar-refractivity contribution < 1.29 is 29.0 Å². The summed E-state index contributed by atoms with van der Waals surface area (Å²) in [5.74, 6) is -0.890. The molecule has 0 unspecified atom stereocenters. The van der Waals surface area contributed by atoms with E-state index in [9.17, 15) is 14.4 Å². The summed E-state index contributed by atoms with van der Waals surface area (Å²) in [4.78, 5) is 37.2. The fourth-order valence-electron chi connectivity index (χ4n) is 3.40. The van der Waals surface area contributed by atoms with E-state index in [0.717, 1.165) is 18.4 Å². The number of benzene rings is 3. The van der Waals surface area contributed by atoms with E-state index >= 15 is 0 Å². The van der Waals surface area contributed by atoms with E-state index in [-0.39, 0.29) is 24.0 Å². The van der Waals surface area contributed by atoms with Crippen LogP contribution in [0.25, 0.3) is 0 Å². The van der Waals surface area contributed by atoms with Crippen molar-refractivity contribution in [3.05, 3.63) is 95.6 Å². The van der Waals surface area contributed by atoms with Gasteiger partial charge >= 0.3 is 5.97 Å². The zero-order chi connectivity index (χ0) is 25.8. The van der Waals surface area contributed by atoms with Gasteiger partial charge in [-0.3, -0.25) is 9.59 Å². The maximum absolute atomic E-state index is 12.3. The van der Waals surface area contributed by atoms with Crippen LogP contribution in [-0.2, 0) is 16.1 Å². The number of ether oxygens (including phenoxy) is 2. The standard InChI is InChI=1S/C28H30N2O6/c1-30(27(32)22-8-3-2-4-9-22)16-5-6-17-35-19-21-12-14-25(15-13-21)36-20-26(31)29-24-11-7-10-23(18-24)28(33)34/h2-4,7-15,18H,5-6,16-17,19-20H2,1H3,(H,29,31)(H,33,34). The van der Waals surface area contributed by atoms with Gasteiger partial charge in [-0.1, -0.05) is 36.4 Å². The first-order chi connectivity index (χ1) is 17.4. The van der Waals surface area contributed by atoms with E-state index in [1.54, 1.807) is 36.2 Å². The second kappa shape index (κ2) is 13.7. The topological polar surface area (TPSA) is 105 Å². The van der Waals surface area contributed by atoms with Crippen molar-refractivity contribution in [2.45, 2.75) is 19.4 Å². The first-order valence-corrected chi connectivity index (χ1v) is 11.7. The quantitative estimate of drug-likeness (QED) is 0.343. The predicted molar refractivity (Wildman–Crippen MR) is 136 cm³/mol. The van der Waals surface area contributed by atoms with E-state index in [2.05, 4.69) is 5.32 Å². The molecule has 8 nitrogen and oxygen atoms in total. The molecule has 0 fully saturated rings. The van der Waals surface area contributed by atoms with Crippen molar-refractivity contribution in [3.63, 3.8) is 0 Å². The molecule has 0 saturated heterocycles. The van der Waals surface area contributed by atoms with Crippen molar-refractivity contribution in [1.29, 1.82) is 0 Å². The molecule has 188 valence electrons. The summed E-state index contributed by atoms with van der Waals surface area (Å²) in [6, 6.07) is 22.5. The summed E-state index contributed by atoms with van der Waals surface area (Å²) < 4.78 is 11.2. The average Bonchev–Trinajstić information content (AvgIpc) is 2.90. The maximum Gasteiger partial charge on any atom is 0.335 e. The Kier molecular flexibility index (Phi) is 10.0. The number of carboxylic acid groups (broad SMARTS) is 1. The molecular formula is C28H30N2O6. The molecule has 0 saturated carbocycles. The first-order valence-electron chi connectivity index (χ1n) is 11.7. The number of carbonyl (C=O) groups is 3. The molecular weight excluding hydrogens is 460 g/mol. The van der Waals surface area contributed by atoms with Gasteiger partial charge in [-0.25, -0.2) is 4.79 Å². The highest BCUT2D eigenvalue weighted by atomic mass is 16.5. The molecule has 2 N–H and O–H groups in total. The van der Waals surface area contributed by atoms with E-state index in [1.165, 1.54) is 12.1 Å². The zero-order valence-electron chi connectivity index (χ0n) is 20.2. The van der Waals surface area contributed by atoms with Crippen LogP contribution in [0.4, 0.5) is 5.69 Å². The van der Waals surface area contributed by atoms with Crippen LogP contribution in [0.3, 0.4) is 0 Å². The van der Waals surface area contributed by atoms with Gasteiger partial charge in [-0.2, -0.15) is 0 Å². The second-order valence-corrected chi connectivity index (χ2v) is 8.22. The summed E-state index contributed by atoms with van der Waals surface area (Å²) in [7, 11) is 1.81. The highest BCUT2D eigenvalue weighted by Crippen LogP contribution is 2.14. The third kappa shape index (κ3) is 8.56. The largest absolute Gasteiger partial charge is 0.484 e. The Bertz CT molecular complexity index is 1150. The predicted octanol–water partition coefficient (Wildman–Crippen LogP) is 4.47.